The van der Waals surface area contributed by atoms with E-state index < -0.39 is 0 Å². The Balaban J connectivity index is 1.78. The Labute approximate surface area is 114 Å². The van der Waals surface area contributed by atoms with Crippen LogP contribution in [-0.4, -0.2) is 37.4 Å². The zero-order chi connectivity index (χ0) is 13.2. The number of hydrazone groups is 1. The van der Waals surface area contributed by atoms with Gasteiger partial charge in [0.05, 0.1) is 13.2 Å². The fourth-order valence-electron chi connectivity index (χ4n) is 3.02. The predicted molar refractivity (Wildman–Crippen MR) is 76.5 cm³/mol. The van der Waals surface area contributed by atoms with Gasteiger partial charge in [0.2, 0.25) is 0 Å². The van der Waals surface area contributed by atoms with Gasteiger partial charge in [-0.1, -0.05) is 19.1 Å². The van der Waals surface area contributed by atoms with Crippen molar-refractivity contribution < 1.29 is 4.74 Å². The van der Waals surface area contributed by atoms with E-state index in [-0.39, 0.29) is 0 Å². The molecule has 0 radical (unpaired) electrons. The Morgan fingerprint density at radius 2 is 2.16 bits per heavy atom. The molecule has 0 aromatic heterocycles. The molecule has 0 aliphatic carbocycles. The molecule has 2 aliphatic heterocycles. The van der Waals surface area contributed by atoms with Gasteiger partial charge in [-0.25, -0.2) is 0 Å². The van der Waals surface area contributed by atoms with E-state index in [2.05, 4.69) is 34.5 Å². The number of piperidine rings is 1. The summed E-state index contributed by atoms with van der Waals surface area (Å²) in [6.45, 7) is 5.61. The minimum absolute atomic E-state index is 0.315. The molecule has 19 heavy (non-hydrogen) atoms. The number of nitrogens with one attached hydrogen (secondary N) is 1. The number of methoxy groups -OCH3 is 1. The fourth-order valence-corrected chi connectivity index (χ4v) is 3.02. The van der Waals surface area contributed by atoms with Crippen molar-refractivity contribution in [3.8, 4) is 5.75 Å². The second-order valence-corrected chi connectivity index (χ2v) is 5.23. The van der Waals surface area contributed by atoms with E-state index in [1.54, 1.807) is 7.11 Å². The SMILES string of the molecule is CCN1CCC2=NNC(c3ccc(OC)cc3)C2C1. The maximum atomic E-state index is 5.22. The molecule has 2 unspecified atom stereocenters. The van der Waals surface area contributed by atoms with Crippen molar-refractivity contribution in [1.82, 2.24) is 10.3 Å². The van der Waals surface area contributed by atoms with Gasteiger partial charge in [-0.05, 0) is 24.2 Å². The number of hydrogen-bond donors (Lipinski definition) is 1. The van der Waals surface area contributed by atoms with E-state index in [4.69, 9.17) is 4.74 Å². The Kier molecular flexibility index (Phi) is 3.42. The zero-order valence-corrected chi connectivity index (χ0v) is 11.6. The van der Waals surface area contributed by atoms with E-state index in [1.165, 1.54) is 11.3 Å². The lowest BCUT2D eigenvalue weighted by atomic mass is 9.86. The van der Waals surface area contributed by atoms with E-state index >= 15 is 0 Å². The van der Waals surface area contributed by atoms with Gasteiger partial charge in [0.15, 0.2) is 0 Å². The lowest BCUT2D eigenvalue weighted by Crippen LogP contribution is -2.41. The second kappa shape index (κ2) is 5.21. The fraction of sp³-hybridized carbons (Fsp3) is 0.533. The Hall–Kier alpha value is -1.55. The summed E-state index contributed by atoms with van der Waals surface area (Å²) in [5.41, 5.74) is 5.95. The van der Waals surface area contributed by atoms with E-state index in [0.29, 0.717) is 12.0 Å². The summed E-state index contributed by atoms with van der Waals surface area (Å²) in [6, 6.07) is 8.64. The number of fused-ring (bicyclic) bond motifs is 1. The van der Waals surface area contributed by atoms with E-state index in [9.17, 15) is 0 Å². The summed E-state index contributed by atoms with van der Waals surface area (Å²) in [6.07, 6.45) is 1.10. The van der Waals surface area contributed by atoms with E-state index in [1.807, 2.05) is 12.1 Å². The van der Waals surface area contributed by atoms with Crippen LogP contribution in [-0.2, 0) is 0 Å². The number of ether oxygens (including phenoxy) is 1. The molecule has 1 fully saturated rings. The van der Waals surface area contributed by atoms with Crippen molar-refractivity contribution >= 4 is 5.71 Å². The van der Waals surface area contributed by atoms with E-state index in [0.717, 1.165) is 31.8 Å². The minimum atomic E-state index is 0.315. The van der Waals surface area contributed by atoms with Gasteiger partial charge in [-0.3, -0.25) is 0 Å². The summed E-state index contributed by atoms with van der Waals surface area (Å²) in [7, 11) is 1.70. The molecule has 2 atom stereocenters. The Morgan fingerprint density at radius 1 is 1.37 bits per heavy atom. The molecule has 0 bridgehead atoms. The van der Waals surface area contributed by atoms with Crippen LogP contribution in [0.4, 0.5) is 0 Å². The van der Waals surface area contributed by atoms with Gasteiger partial charge in [0.1, 0.15) is 5.75 Å². The topological polar surface area (TPSA) is 36.9 Å². The average molecular weight is 259 g/mol. The van der Waals surface area contributed by atoms with Crippen molar-refractivity contribution in [1.29, 1.82) is 0 Å². The third-order valence-corrected chi connectivity index (χ3v) is 4.24. The van der Waals surface area contributed by atoms with Gasteiger partial charge in [0.25, 0.3) is 0 Å². The first kappa shape index (κ1) is 12.5. The van der Waals surface area contributed by atoms with Gasteiger partial charge in [-0.2, -0.15) is 5.10 Å². The van der Waals surface area contributed by atoms with Crippen molar-refractivity contribution in [2.75, 3.05) is 26.7 Å². The number of rotatable bonds is 3. The first-order valence-corrected chi connectivity index (χ1v) is 7.00. The highest BCUT2D eigenvalue weighted by Crippen LogP contribution is 2.32. The summed E-state index contributed by atoms with van der Waals surface area (Å²) in [5, 5.41) is 4.54. The minimum Gasteiger partial charge on any atom is -0.497 e. The van der Waals surface area contributed by atoms with Crippen molar-refractivity contribution in [2.24, 2.45) is 11.0 Å². The molecule has 1 aromatic carbocycles. The molecule has 1 aromatic rings. The Morgan fingerprint density at radius 3 is 2.84 bits per heavy atom. The standard InChI is InChI=1S/C15H21N3O/c1-3-18-9-8-14-13(10-18)15(17-16-14)11-4-6-12(19-2)7-5-11/h4-7,13,15,17H,3,8-10H2,1-2H3. The molecule has 4 nitrogen and oxygen atoms in total. The van der Waals surface area contributed by atoms with Gasteiger partial charge >= 0.3 is 0 Å². The summed E-state index contributed by atoms with van der Waals surface area (Å²) in [5.74, 6) is 1.42. The molecule has 0 amide bonds. The molecule has 1 N–H and O–H groups in total. The highest BCUT2D eigenvalue weighted by molar-refractivity contribution is 5.89. The molecule has 1 saturated heterocycles. The molecular formula is C15H21N3O. The average Bonchev–Trinajstić information content (AvgIpc) is 2.90. The molecule has 2 aliphatic rings. The van der Waals surface area contributed by atoms with Crippen LogP contribution in [0.1, 0.15) is 24.9 Å². The monoisotopic (exact) mass is 259 g/mol. The summed E-state index contributed by atoms with van der Waals surface area (Å²) >= 11 is 0. The summed E-state index contributed by atoms with van der Waals surface area (Å²) < 4.78 is 5.22. The smallest absolute Gasteiger partial charge is 0.118 e. The third-order valence-electron chi connectivity index (χ3n) is 4.24. The van der Waals surface area contributed by atoms with Crippen molar-refractivity contribution in [3.63, 3.8) is 0 Å². The molecular weight excluding hydrogens is 238 g/mol. The maximum Gasteiger partial charge on any atom is 0.118 e. The third kappa shape index (κ3) is 2.32. The Bertz CT molecular complexity index is 469. The van der Waals surface area contributed by atoms with Crippen LogP contribution < -0.4 is 10.2 Å². The lowest BCUT2D eigenvalue weighted by Gasteiger charge is -2.32. The quantitative estimate of drug-likeness (QED) is 0.902. The largest absolute Gasteiger partial charge is 0.497 e. The molecule has 2 heterocycles. The van der Waals surface area contributed by atoms with Crippen LogP contribution in [0.3, 0.4) is 0 Å². The predicted octanol–water partition coefficient (Wildman–Crippen LogP) is 2.04. The van der Waals surface area contributed by atoms with Crippen LogP contribution in [0.15, 0.2) is 29.4 Å². The maximum absolute atomic E-state index is 5.22. The molecule has 0 saturated carbocycles. The van der Waals surface area contributed by atoms with Gasteiger partial charge in [-0.15, -0.1) is 0 Å². The lowest BCUT2D eigenvalue weighted by molar-refractivity contribution is 0.238. The van der Waals surface area contributed by atoms with Crippen LogP contribution in [0.5, 0.6) is 5.75 Å². The number of likely N-dealkylation sites (tertiary alicyclic amines) is 1. The second-order valence-electron chi connectivity index (χ2n) is 5.23. The van der Waals surface area contributed by atoms with Crippen LogP contribution >= 0.6 is 0 Å². The zero-order valence-electron chi connectivity index (χ0n) is 11.6. The first-order valence-electron chi connectivity index (χ1n) is 7.00. The molecule has 4 heteroatoms. The molecule has 0 spiro atoms. The van der Waals surface area contributed by atoms with Crippen LogP contribution in [0, 0.1) is 5.92 Å². The highest BCUT2D eigenvalue weighted by Gasteiger charge is 2.36. The number of nitrogens with zero attached hydrogens (tertiary/aromatic N) is 2. The van der Waals surface area contributed by atoms with Crippen molar-refractivity contribution in [2.45, 2.75) is 19.4 Å². The van der Waals surface area contributed by atoms with Gasteiger partial charge < -0.3 is 15.1 Å². The normalized spacial score (nSPS) is 26.5. The van der Waals surface area contributed by atoms with Crippen LogP contribution in [0.25, 0.3) is 0 Å². The first-order chi connectivity index (χ1) is 9.31. The molecule has 102 valence electrons. The van der Waals surface area contributed by atoms with Crippen LogP contribution in [0.2, 0.25) is 0 Å². The van der Waals surface area contributed by atoms with Crippen molar-refractivity contribution in [3.05, 3.63) is 29.8 Å². The number of benzene rings is 1. The number of hydrogen-bond acceptors (Lipinski definition) is 4. The van der Waals surface area contributed by atoms with Gasteiger partial charge in [0, 0.05) is 31.1 Å². The highest BCUT2D eigenvalue weighted by atomic mass is 16.5. The summed E-state index contributed by atoms with van der Waals surface area (Å²) in [4.78, 5) is 2.51. The molecule has 3 rings (SSSR count).